The van der Waals surface area contributed by atoms with Crippen LogP contribution < -0.4 is 0 Å². The van der Waals surface area contributed by atoms with E-state index >= 15 is 0 Å². The van der Waals surface area contributed by atoms with Gasteiger partial charge in [0.1, 0.15) is 0 Å². The second-order valence-electron chi connectivity index (χ2n) is 4.59. The Morgan fingerprint density at radius 2 is 2.20 bits per heavy atom. The van der Waals surface area contributed by atoms with E-state index in [-0.39, 0.29) is 5.92 Å². The predicted molar refractivity (Wildman–Crippen MR) is 59.4 cm³/mol. The van der Waals surface area contributed by atoms with Crippen molar-refractivity contribution in [2.75, 3.05) is 0 Å². The van der Waals surface area contributed by atoms with Crippen LogP contribution in [0.1, 0.15) is 41.2 Å². The van der Waals surface area contributed by atoms with Crippen LogP contribution in [-0.2, 0) is 17.6 Å². The minimum atomic E-state index is -0.615. The number of thiophene rings is 1. The van der Waals surface area contributed by atoms with Crippen molar-refractivity contribution in [1.82, 2.24) is 0 Å². The molecule has 0 bridgehead atoms. The normalized spacial score (nSPS) is 28.5. The first-order valence-corrected chi connectivity index (χ1v) is 6.47. The lowest BCUT2D eigenvalue weighted by Gasteiger charge is -2.12. The van der Waals surface area contributed by atoms with E-state index in [1.807, 2.05) is 11.3 Å². The molecule has 1 aromatic heterocycles. The van der Waals surface area contributed by atoms with E-state index in [9.17, 15) is 4.79 Å². The molecule has 2 aliphatic carbocycles. The Kier molecular flexibility index (Phi) is 2.09. The van der Waals surface area contributed by atoms with Crippen LogP contribution in [0.25, 0.3) is 0 Å². The van der Waals surface area contributed by atoms with Gasteiger partial charge in [0.05, 0.1) is 5.92 Å². The van der Waals surface area contributed by atoms with Gasteiger partial charge in [-0.15, -0.1) is 11.3 Å². The van der Waals surface area contributed by atoms with E-state index in [1.54, 1.807) is 0 Å². The number of hydrogen-bond donors (Lipinski definition) is 1. The molecule has 1 saturated carbocycles. The quantitative estimate of drug-likeness (QED) is 0.835. The van der Waals surface area contributed by atoms with Crippen molar-refractivity contribution >= 4 is 17.3 Å². The van der Waals surface area contributed by atoms with Crippen LogP contribution in [0, 0.1) is 5.92 Å². The first-order chi connectivity index (χ1) is 7.27. The summed E-state index contributed by atoms with van der Waals surface area (Å²) in [5.41, 5.74) is 2.86. The zero-order chi connectivity index (χ0) is 10.4. The zero-order valence-electron chi connectivity index (χ0n) is 8.53. The van der Waals surface area contributed by atoms with Crippen molar-refractivity contribution in [2.45, 2.75) is 38.0 Å². The van der Waals surface area contributed by atoms with Gasteiger partial charge in [-0.25, -0.2) is 0 Å². The Morgan fingerprint density at radius 1 is 1.40 bits per heavy atom. The lowest BCUT2D eigenvalue weighted by Crippen LogP contribution is -2.03. The maximum absolute atomic E-state index is 10.8. The molecule has 0 aliphatic heterocycles. The smallest absolute Gasteiger partial charge is 0.307 e. The predicted octanol–water partition coefficient (Wildman–Crippen LogP) is 2.82. The van der Waals surface area contributed by atoms with Crippen molar-refractivity contribution in [3.63, 3.8) is 0 Å². The van der Waals surface area contributed by atoms with Crippen LogP contribution >= 0.6 is 11.3 Å². The summed E-state index contributed by atoms with van der Waals surface area (Å²) in [7, 11) is 0. The summed E-state index contributed by atoms with van der Waals surface area (Å²) in [6.45, 7) is 0. The molecule has 0 radical (unpaired) electrons. The maximum atomic E-state index is 10.8. The summed E-state index contributed by atoms with van der Waals surface area (Å²) in [4.78, 5) is 12.4. The SMILES string of the molecule is O=C(O)C1CC1c1csc2c1CCCC2. The lowest BCUT2D eigenvalue weighted by molar-refractivity contribution is -0.138. The zero-order valence-corrected chi connectivity index (χ0v) is 9.35. The number of carboxylic acid groups (broad SMARTS) is 1. The number of carboxylic acids is 1. The fourth-order valence-electron chi connectivity index (χ4n) is 2.64. The molecule has 2 aliphatic rings. The Morgan fingerprint density at radius 3 is 2.93 bits per heavy atom. The molecule has 0 aromatic carbocycles. The second kappa shape index (κ2) is 3.34. The van der Waals surface area contributed by atoms with Crippen LogP contribution in [0.5, 0.6) is 0 Å². The number of carbonyl (C=O) groups is 1. The first kappa shape index (κ1) is 9.40. The number of fused-ring (bicyclic) bond motifs is 1. The topological polar surface area (TPSA) is 37.3 Å². The van der Waals surface area contributed by atoms with Crippen LogP contribution in [-0.4, -0.2) is 11.1 Å². The summed E-state index contributed by atoms with van der Waals surface area (Å²) in [6.07, 6.45) is 5.83. The van der Waals surface area contributed by atoms with E-state index < -0.39 is 5.97 Å². The minimum absolute atomic E-state index is 0.0920. The molecule has 2 nitrogen and oxygen atoms in total. The highest BCUT2D eigenvalue weighted by molar-refractivity contribution is 7.10. The summed E-state index contributed by atoms with van der Waals surface area (Å²) in [6, 6.07) is 0. The fraction of sp³-hybridized carbons (Fsp3) is 0.583. The molecule has 0 saturated heterocycles. The number of rotatable bonds is 2. The number of hydrogen-bond acceptors (Lipinski definition) is 2. The van der Waals surface area contributed by atoms with Crippen LogP contribution in [0.15, 0.2) is 5.38 Å². The summed E-state index contributed by atoms with van der Waals surface area (Å²) < 4.78 is 0. The molecule has 1 heterocycles. The molecule has 15 heavy (non-hydrogen) atoms. The van der Waals surface area contributed by atoms with Gasteiger partial charge in [0.25, 0.3) is 0 Å². The summed E-state index contributed by atoms with van der Waals surface area (Å²) in [5, 5.41) is 11.1. The van der Waals surface area contributed by atoms with E-state index in [4.69, 9.17) is 5.11 Å². The van der Waals surface area contributed by atoms with Crippen molar-refractivity contribution in [2.24, 2.45) is 5.92 Å². The fourth-order valence-corrected chi connectivity index (χ4v) is 3.85. The molecule has 2 atom stereocenters. The molecule has 3 rings (SSSR count). The lowest BCUT2D eigenvalue weighted by atomic mass is 9.94. The molecular formula is C12H14O2S. The van der Waals surface area contributed by atoms with Crippen molar-refractivity contribution < 1.29 is 9.90 Å². The second-order valence-corrected chi connectivity index (χ2v) is 5.55. The van der Waals surface area contributed by atoms with Gasteiger partial charge in [-0.05, 0) is 54.5 Å². The summed E-state index contributed by atoms with van der Waals surface area (Å²) in [5.74, 6) is -0.373. The molecule has 1 N–H and O–H groups in total. The number of aliphatic carboxylic acids is 1. The Hall–Kier alpha value is -0.830. The average Bonchev–Trinajstić information content (AvgIpc) is 2.92. The number of aryl methyl sites for hydroxylation is 1. The van der Waals surface area contributed by atoms with Crippen molar-refractivity contribution in [3.8, 4) is 0 Å². The highest BCUT2D eigenvalue weighted by Crippen LogP contribution is 2.51. The Balaban J connectivity index is 1.87. The van der Waals surface area contributed by atoms with Gasteiger partial charge in [-0.3, -0.25) is 4.79 Å². The van der Waals surface area contributed by atoms with Gasteiger partial charge in [0.15, 0.2) is 0 Å². The standard InChI is InChI=1S/C12H14O2S/c13-12(14)9-5-8(9)10-6-15-11-4-2-1-3-7(10)11/h6,8-9H,1-5H2,(H,13,14). The van der Waals surface area contributed by atoms with Gasteiger partial charge >= 0.3 is 5.97 Å². The highest BCUT2D eigenvalue weighted by Gasteiger charge is 2.45. The van der Waals surface area contributed by atoms with Gasteiger partial charge in [0.2, 0.25) is 0 Å². The van der Waals surface area contributed by atoms with Gasteiger partial charge < -0.3 is 5.11 Å². The van der Waals surface area contributed by atoms with E-state index in [0.717, 1.165) is 6.42 Å². The Labute approximate surface area is 92.9 Å². The van der Waals surface area contributed by atoms with Crippen molar-refractivity contribution in [1.29, 1.82) is 0 Å². The largest absolute Gasteiger partial charge is 0.481 e. The third kappa shape index (κ3) is 1.49. The molecule has 0 amide bonds. The van der Waals surface area contributed by atoms with E-state index in [2.05, 4.69) is 5.38 Å². The van der Waals surface area contributed by atoms with Crippen LogP contribution in [0.2, 0.25) is 0 Å². The van der Waals surface area contributed by atoms with Gasteiger partial charge in [0, 0.05) is 4.88 Å². The molecule has 1 fully saturated rings. The monoisotopic (exact) mass is 222 g/mol. The Bertz CT molecular complexity index is 408. The van der Waals surface area contributed by atoms with Gasteiger partial charge in [-0.2, -0.15) is 0 Å². The van der Waals surface area contributed by atoms with Gasteiger partial charge in [-0.1, -0.05) is 0 Å². The van der Waals surface area contributed by atoms with E-state index in [1.165, 1.54) is 41.7 Å². The molecule has 2 unspecified atom stereocenters. The summed E-state index contributed by atoms with van der Waals surface area (Å²) >= 11 is 1.84. The van der Waals surface area contributed by atoms with Crippen molar-refractivity contribution in [3.05, 3.63) is 21.4 Å². The average molecular weight is 222 g/mol. The molecule has 1 aromatic rings. The van der Waals surface area contributed by atoms with Crippen LogP contribution in [0.3, 0.4) is 0 Å². The molecule has 80 valence electrons. The third-order valence-corrected chi connectivity index (χ3v) is 4.71. The molecule has 3 heteroatoms. The molecule has 0 spiro atoms. The highest BCUT2D eigenvalue weighted by atomic mass is 32.1. The van der Waals surface area contributed by atoms with Crippen LogP contribution in [0.4, 0.5) is 0 Å². The minimum Gasteiger partial charge on any atom is -0.481 e. The van der Waals surface area contributed by atoms with E-state index in [0.29, 0.717) is 5.92 Å². The first-order valence-electron chi connectivity index (χ1n) is 5.59. The third-order valence-electron chi connectivity index (χ3n) is 3.60. The molecular weight excluding hydrogens is 208 g/mol. The maximum Gasteiger partial charge on any atom is 0.307 e.